The highest BCUT2D eigenvalue weighted by Gasteiger charge is 2.32. The summed E-state index contributed by atoms with van der Waals surface area (Å²) >= 11 is 0. The maximum atomic E-state index is 11.7. The minimum absolute atomic E-state index is 0.0204. The van der Waals surface area contributed by atoms with Gasteiger partial charge in [-0.2, -0.15) is 0 Å². The summed E-state index contributed by atoms with van der Waals surface area (Å²) in [6.45, 7) is 0.144. The molecular weight excluding hydrogens is 354 g/mol. The number of esters is 1. The van der Waals surface area contributed by atoms with Crippen LogP contribution < -0.4 is 10.1 Å². The molecule has 9 heteroatoms. The molecule has 0 saturated carbocycles. The van der Waals surface area contributed by atoms with Gasteiger partial charge in [0.2, 0.25) is 5.91 Å². The molecule has 9 nitrogen and oxygen atoms in total. The highest BCUT2D eigenvalue weighted by molar-refractivity contribution is 6.01. The van der Waals surface area contributed by atoms with Gasteiger partial charge in [0.1, 0.15) is 12.3 Å². The maximum Gasteiger partial charge on any atom is 0.326 e. The van der Waals surface area contributed by atoms with Crippen LogP contribution in [0.1, 0.15) is 18.4 Å². The predicted molar refractivity (Wildman–Crippen MR) is 94.8 cm³/mol. The van der Waals surface area contributed by atoms with Crippen LogP contribution in [0.25, 0.3) is 0 Å². The first-order chi connectivity index (χ1) is 12.9. The van der Waals surface area contributed by atoms with E-state index in [1.165, 1.54) is 4.90 Å². The van der Waals surface area contributed by atoms with Crippen LogP contribution in [0.4, 0.5) is 4.79 Å². The molecule has 0 aromatic heterocycles. The Morgan fingerprint density at radius 2 is 1.89 bits per heavy atom. The number of carbonyl (C=O) groups is 4. The van der Waals surface area contributed by atoms with E-state index < -0.39 is 11.9 Å². The van der Waals surface area contributed by atoms with Crippen molar-refractivity contribution in [2.75, 3.05) is 33.9 Å². The molecule has 146 valence electrons. The third-order valence-corrected chi connectivity index (χ3v) is 4.01. The topological polar surface area (TPSA) is 105 Å². The predicted octanol–water partition coefficient (Wildman–Crippen LogP) is 0.529. The zero-order valence-electron chi connectivity index (χ0n) is 15.4. The Morgan fingerprint density at radius 3 is 2.48 bits per heavy atom. The Hall–Kier alpha value is -3.10. The van der Waals surface area contributed by atoms with E-state index in [1.807, 2.05) is 12.1 Å². The van der Waals surface area contributed by atoms with Crippen molar-refractivity contribution in [2.45, 2.75) is 19.4 Å². The van der Waals surface area contributed by atoms with E-state index in [2.05, 4.69) is 5.32 Å². The molecule has 1 fully saturated rings. The van der Waals surface area contributed by atoms with Crippen LogP contribution in [0, 0.1) is 0 Å². The molecule has 0 aliphatic carbocycles. The molecule has 1 heterocycles. The summed E-state index contributed by atoms with van der Waals surface area (Å²) in [4.78, 5) is 49.1. The molecule has 1 aliphatic rings. The van der Waals surface area contributed by atoms with E-state index in [-0.39, 0.29) is 44.5 Å². The van der Waals surface area contributed by atoms with Crippen LogP contribution in [0.3, 0.4) is 0 Å². The number of hydrogen-bond donors (Lipinski definition) is 1. The van der Waals surface area contributed by atoms with Gasteiger partial charge in [-0.25, -0.2) is 4.79 Å². The van der Waals surface area contributed by atoms with Crippen LogP contribution in [0.5, 0.6) is 5.75 Å². The van der Waals surface area contributed by atoms with Crippen LogP contribution in [0.15, 0.2) is 24.3 Å². The van der Waals surface area contributed by atoms with Gasteiger partial charge in [-0.3, -0.25) is 19.3 Å². The van der Waals surface area contributed by atoms with Crippen molar-refractivity contribution in [2.24, 2.45) is 0 Å². The molecule has 4 amide bonds. The lowest BCUT2D eigenvalue weighted by molar-refractivity contribution is -0.148. The van der Waals surface area contributed by atoms with Gasteiger partial charge < -0.3 is 19.7 Å². The van der Waals surface area contributed by atoms with Gasteiger partial charge in [0.25, 0.3) is 5.91 Å². The summed E-state index contributed by atoms with van der Waals surface area (Å²) < 4.78 is 9.95. The minimum atomic E-state index is -0.554. The molecule has 1 aromatic carbocycles. The van der Waals surface area contributed by atoms with E-state index in [1.54, 1.807) is 26.3 Å². The Bertz CT molecular complexity index is 704. The first-order valence-corrected chi connectivity index (χ1v) is 8.51. The van der Waals surface area contributed by atoms with Crippen molar-refractivity contribution in [1.29, 1.82) is 0 Å². The minimum Gasteiger partial charge on any atom is -0.497 e. The fourth-order valence-corrected chi connectivity index (χ4v) is 2.48. The van der Waals surface area contributed by atoms with Crippen molar-refractivity contribution in [3.05, 3.63) is 29.8 Å². The van der Waals surface area contributed by atoms with Crippen molar-refractivity contribution >= 4 is 23.8 Å². The molecule has 1 N–H and O–H groups in total. The summed E-state index contributed by atoms with van der Waals surface area (Å²) in [5, 5.41) is 2.65. The molecule has 27 heavy (non-hydrogen) atoms. The molecule has 1 aromatic rings. The molecule has 1 saturated heterocycles. The van der Waals surface area contributed by atoms with Crippen LogP contribution in [-0.4, -0.2) is 67.5 Å². The maximum absolute atomic E-state index is 11.7. The molecule has 1 aliphatic heterocycles. The Balaban J connectivity index is 1.61. The number of urea groups is 1. The van der Waals surface area contributed by atoms with E-state index in [4.69, 9.17) is 9.47 Å². The summed E-state index contributed by atoms with van der Waals surface area (Å²) in [5.74, 6) is -0.524. The van der Waals surface area contributed by atoms with Crippen LogP contribution in [-0.2, 0) is 25.7 Å². The monoisotopic (exact) mass is 377 g/mol. The smallest absolute Gasteiger partial charge is 0.326 e. The van der Waals surface area contributed by atoms with Gasteiger partial charge in [-0.1, -0.05) is 12.1 Å². The van der Waals surface area contributed by atoms with Gasteiger partial charge >= 0.3 is 12.0 Å². The molecule has 0 radical (unpaired) electrons. The number of likely N-dealkylation sites (N-methyl/N-ethyl adjacent to an activating group) is 1. The fourth-order valence-electron chi connectivity index (χ4n) is 2.48. The quantitative estimate of drug-likeness (QED) is 0.497. The van der Waals surface area contributed by atoms with E-state index >= 15 is 0 Å². The number of methoxy groups -OCH3 is 1. The zero-order chi connectivity index (χ0) is 19.8. The zero-order valence-corrected chi connectivity index (χ0v) is 15.4. The van der Waals surface area contributed by atoms with Crippen molar-refractivity contribution in [3.8, 4) is 5.75 Å². The van der Waals surface area contributed by atoms with Crippen LogP contribution in [0.2, 0.25) is 0 Å². The number of nitrogens with one attached hydrogen (secondary N) is 1. The normalized spacial score (nSPS) is 13.7. The van der Waals surface area contributed by atoms with Gasteiger partial charge in [0.15, 0.2) is 6.61 Å². The molecule has 0 spiro atoms. The Labute approximate surface area is 157 Å². The second-order valence-electron chi connectivity index (χ2n) is 6.07. The highest BCUT2D eigenvalue weighted by Crippen LogP contribution is 2.11. The number of ether oxygens (including phenoxy) is 2. The van der Waals surface area contributed by atoms with Gasteiger partial charge in [-0.05, 0) is 24.1 Å². The standard InChI is InChI=1S/C18H23N3O6/c1-20-11-16(23)21(18(20)25)9-3-4-17(24)27-12-15(22)19-10-13-5-7-14(26-2)8-6-13/h5-8H,3-4,9-12H2,1-2H3,(H,19,22). The van der Waals surface area contributed by atoms with Crippen molar-refractivity contribution < 1.29 is 28.7 Å². The number of imide groups is 1. The SMILES string of the molecule is COc1ccc(CNC(=O)COC(=O)CCCN2C(=O)CN(C)C2=O)cc1. The summed E-state index contributed by atoms with van der Waals surface area (Å²) in [6, 6.07) is 6.85. The van der Waals surface area contributed by atoms with Gasteiger partial charge in [-0.15, -0.1) is 0 Å². The summed E-state index contributed by atoms with van der Waals surface area (Å²) in [5.41, 5.74) is 0.889. The number of amides is 4. The van der Waals surface area contributed by atoms with Gasteiger partial charge in [0, 0.05) is 26.6 Å². The summed E-state index contributed by atoms with van der Waals surface area (Å²) in [6.07, 6.45) is 0.310. The first-order valence-electron chi connectivity index (χ1n) is 8.51. The second kappa shape index (κ2) is 9.56. The van der Waals surface area contributed by atoms with Gasteiger partial charge in [0.05, 0.1) is 7.11 Å². The summed E-state index contributed by atoms with van der Waals surface area (Å²) in [7, 11) is 3.11. The third kappa shape index (κ3) is 5.98. The lowest BCUT2D eigenvalue weighted by Crippen LogP contribution is -2.33. The molecule has 0 atom stereocenters. The first kappa shape index (κ1) is 20.2. The number of nitrogens with zero attached hydrogens (tertiary/aromatic N) is 2. The Kier molecular flexibility index (Phi) is 7.16. The van der Waals surface area contributed by atoms with Crippen molar-refractivity contribution in [1.82, 2.24) is 15.1 Å². The fraction of sp³-hybridized carbons (Fsp3) is 0.444. The molecule has 2 rings (SSSR count). The van der Waals surface area contributed by atoms with E-state index in [0.29, 0.717) is 6.54 Å². The average molecular weight is 377 g/mol. The molecule has 0 unspecified atom stereocenters. The Morgan fingerprint density at radius 1 is 1.19 bits per heavy atom. The largest absolute Gasteiger partial charge is 0.497 e. The highest BCUT2D eigenvalue weighted by atomic mass is 16.5. The second-order valence-corrected chi connectivity index (χ2v) is 6.07. The lowest BCUT2D eigenvalue weighted by atomic mass is 10.2. The number of hydrogen-bond acceptors (Lipinski definition) is 6. The third-order valence-electron chi connectivity index (χ3n) is 4.01. The molecular formula is C18H23N3O6. The molecule has 0 bridgehead atoms. The van der Waals surface area contributed by atoms with E-state index in [0.717, 1.165) is 16.2 Å². The van der Waals surface area contributed by atoms with Crippen molar-refractivity contribution in [3.63, 3.8) is 0 Å². The lowest BCUT2D eigenvalue weighted by Gasteiger charge is -2.13. The number of benzene rings is 1. The van der Waals surface area contributed by atoms with Crippen LogP contribution >= 0.6 is 0 Å². The number of carbonyl (C=O) groups excluding carboxylic acids is 4. The average Bonchev–Trinajstić information content (AvgIpc) is 2.91. The number of rotatable bonds is 9. The van der Waals surface area contributed by atoms with E-state index in [9.17, 15) is 19.2 Å².